The second-order valence-electron chi connectivity index (χ2n) is 6.42. The molecule has 1 aromatic heterocycles. The van der Waals surface area contributed by atoms with Crippen molar-refractivity contribution < 1.29 is 9.59 Å². The lowest BCUT2D eigenvalue weighted by Crippen LogP contribution is -2.34. The Morgan fingerprint density at radius 2 is 1.71 bits per heavy atom. The van der Waals surface area contributed by atoms with Crippen LogP contribution in [0.4, 0.5) is 10.5 Å². The maximum Gasteiger partial charge on any atom is 0.319 e. The third-order valence-corrected chi connectivity index (χ3v) is 5.15. The third-order valence-electron chi connectivity index (χ3n) is 4.21. The second-order valence-corrected chi connectivity index (χ2v) is 7.40. The topological polar surface area (TPSA) is 70.2 Å². The molecule has 28 heavy (non-hydrogen) atoms. The monoisotopic (exact) mass is 393 g/mol. The number of benzene rings is 2. The van der Waals surface area contributed by atoms with E-state index in [1.165, 1.54) is 5.56 Å². The van der Waals surface area contributed by atoms with Gasteiger partial charge in [-0.2, -0.15) is 0 Å². The average Bonchev–Trinajstić information content (AvgIpc) is 3.22. The molecular formula is C22H23N3O2S. The van der Waals surface area contributed by atoms with E-state index in [1.54, 1.807) is 23.5 Å². The van der Waals surface area contributed by atoms with Gasteiger partial charge in [-0.3, -0.25) is 4.79 Å². The Bertz CT molecular complexity index is 893. The summed E-state index contributed by atoms with van der Waals surface area (Å²) in [7, 11) is 0. The van der Waals surface area contributed by atoms with Crippen LogP contribution in [0, 0.1) is 6.92 Å². The molecule has 0 spiro atoms. The van der Waals surface area contributed by atoms with Gasteiger partial charge in [0.1, 0.15) is 0 Å². The van der Waals surface area contributed by atoms with Gasteiger partial charge in [0.2, 0.25) is 5.91 Å². The van der Waals surface area contributed by atoms with E-state index in [0.717, 1.165) is 10.4 Å². The van der Waals surface area contributed by atoms with E-state index < -0.39 is 0 Å². The number of urea groups is 1. The first kappa shape index (κ1) is 19.6. The number of amides is 3. The molecule has 1 heterocycles. The van der Waals surface area contributed by atoms with Crippen LogP contribution in [0.25, 0.3) is 0 Å². The Hall–Kier alpha value is -3.12. The van der Waals surface area contributed by atoms with Crippen LogP contribution < -0.4 is 16.0 Å². The summed E-state index contributed by atoms with van der Waals surface area (Å²) < 4.78 is 0. The van der Waals surface area contributed by atoms with Crippen LogP contribution in [0.15, 0.2) is 72.1 Å². The molecule has 0 bridgehead atoms. The molecule has 0 aliphatic heterocycles. The fraction of sp³-hybridized carbons (Fsp3) is 0.182. The fourth-order valence-electron chi connectivity index (χ4n) is 2.75. The Labute approximate surface area is 168 Å². The highest BCUT2D eigenvalue weighted by atomic mass is 32.1. The zero-order valence-corrected chi connectivity index (χ0v) is 16.5. The highest BCUT2D eigenvalue weighted by molar-refractivity contribution is 7.10. The minimum absolute atomic E-state index is 0.112. The van der Waals surface area contributed by atoms with Gasteiger partial charge in [0.15, 0.2) is 0 Å². The van der Waals surface area contributed by atoms with Crippen molar-refractivity contribution in [3.8, 4) is 0 Å². The Morgan fingerprint density at radius 3 is 2.39 bits per heavy atom. The van der Waals surface area contributed by atoms with Crippen molar-refractivity contribution in [1.82, 2.24) is 10.6 Å². The van der Waals surface area contributed by atoms with Crippen molar-refractivity contribution >= 4 is 29.0 Å². The van der Waals surface area contributed by atoms with Gasteiger partial charge in [0.25, 0.3) is 0 Å². The molecule has 0 saturated heterocycles. The third kappa shape index (κ3) is 5.69. The summed E-state index contributed by atoms with van der Waals surface area (Å²) in [5.41, 5.74) is 2.92. The van der Waals surface area contributed by atoms with Gasteiger partial charge in [-0.25, -0.2) is 4.79 Å². The maximum atomic E-state index is 12.5. The van der Waals surface area contributed by atoms with E-state index in [9.17, 15) is 9.59 Å². The molecule has 1 unspecified atom stereocenters. The van der Waals surface area contributed by atoms with Crippen LogP contribution in [-0.4, -0.2) is 18.5 Å². The molecule has 5 nitrogen and oxygen atoms in total. The Kier molecular flexibility index (Phi) is 6.81. The van der Waals surface area contributed by atoms with Gasteiger partial charge in [-0.15, -0.1) is 11.3 Å². The number of rotatable bonds is 7. The van der Waals surface area contributed by atoms with Crippen molar-refractivity contribution in [1.29, 1.82) is 0 Å². The lowest BCUT2D eigenvalue weighted by atomic mass is 10.0. The van der Waals surface area contributed by atoms with Crippen LogP contribution in [0.5, 0.6) is 0 Å². The number of carbonyl (C=O) groups excluding carboxylic acids is 2. The van der Waals surface area contributed by atoms with Gasteiger partial charge >= 0.3 is 6.03 Å². The molecule has 0 fully saturated rings. The summed E-state index contributed by atoms with van der Waals surface area (Å²) in [5, 5.41) is 10.5. The van der Waals surface area contributed by atoms with Crippen molar-refractivity contribution in [2.45, 2.75) is 19.4 Å². The van der Waals surface area contributed by atoms with Gasteiger partial charge < -0.3 is 16.0 Å². The van der Waals surface area contributed by atoms with Crippen LogP contribution >= 0.6 is 11.3 Å². The van der Waals surface area contributed by atoms with Crippen molar-refractivity contribution in [3.05, 3.63) is 88.1 Å². The molecular weight excluding hydrogens is 370 g/mol. The van der Waals surface area contributed by atoms with E-state index in [0.29, 0.717) is 5.69 Å². The second kappa shape index (κ2) is 9.71. The van der Waals surface area contributed by atoms with Crippen molar-refractivity contribution in [2.75, 3.05) is 11.9 Å². The van der Waals surface area contributed by atoms with Crippen LogP contribution in [-0.2, 0) is 4.79 Å². The molecule has 0 aliphatic carbocycles. The minimum Gasteiger partial charge on any atom is -0.344 e. The number of para-hydroxylation sites is 1. The molecule has 0 aliphatic rings. The van der Waals surface area contributed by atoms with Gasteiger partial charge in [0, 0.05) is 23.5 Å². The zero-order valence-electron chi connectivity index (χ0n) is 15.6. The largest absolute Gasteiger partial charge is 0.344 e. The SMILES string of the molecule is Cc1ccc(C(NC(=O)CCNC(=O)Nc2ccccc2)c2cccs2)cc1. The molecule has 1 atom stereocenters. The molecule has 3 aromatic rings. The van der Waals surface area contributed by atoms with E-state index in [2.05, 4.69) is 16.0 Å². The summed E-state index contributed by atoms with van der Waals surface area (Å²) in [4.78, 5) is 25.4. The number of anilines is 1. The van der Waals surface area contributed by atoms with Crippen LogP contribution in [0.2, 0.25) is 0 Å². The van der Waals surface area contributed by atoms with E-state index in [1.807, 2.05) is 66.9 Å². The van der Waals surface area contributed by atoms with Gasteiger partial charge in [-0.1, -0.05) is 54.1 Å². The number of nitrogens with one attached hydrogen (secondary N) is 3. The molecule has 3 N–H and O–H groups in total. The van der Waals surface area contributed by atoms with E-state index in [-0.39, 0.29) is 30.9 Å². The van der Waals surface area contributed by atoms with Crippen LogP contribution in [0.3, 0.4) is 0 Å². The zero-order chi connectivity index (χ0) is 19.8. The number of hydrogen-bond acceptors (Lipinski definition) is 3. The number of aryl methyl sites for hydroxylation is 1. The van der Waals surface area contributed by atoms with Gasteiger partial charge in [-0.05, 0) is 36.1 Å². The molecule has 3 amide bonds. The normalized spacial score (nSPS) is 11.5. The Morgan fingerprint density at radius 1 is 0.964 bits per heavy atom. The molecule has 6 heteroatoms. The quantitative estimate of drug-likeness (QED) is 0.554. The van der Waals surface area contributed by atoms with Crippen LogP contribution in [0.1, 0.15) is 28.5 Å². The smallest absolute Gasteiger partial charge is 0.319 e. The molecule has 144 valence electrons. The summed E-state index contributed by atoms with van der Waals surface area (Å²) in [6.07, 6.45) is 0.204. The lowest BCUT2D eigenvalue weighted by Gasteiger charge is -2.18. The van der Waals surface area contributed by atoms with Gasteiger partial charge in [0.05, 0.1) is 6.04 Å². The molecule has 0 radical (unpaired) electrons. The fourth-order valence-corrected chi connectivity index (χ4v) is 3.56. The van der Waals surface area contributed by atoms with Crippen molar-refractivity contribution in [3.63, 3.8) is 0 Å². The minimum atomic E-state index is -0.327. The van der Waals surface area contributed by atoms with E-state index in [4.69, 9.17) is 0 Å². The first-order valence-electron chi connectivity index (χ1n) is 9.11. The first-order valence-corrected chi connectivity index (χ1v) is 9.99. The highest BCUT2D eigenvalue weighted by Crippen LogP contribution is 2.26. The van der Waals surface area contributed by atoms with Crippen molar-refractivity contribution in [2.24, 2.45) is 0 Å². The summed E-state index contributed by atoms with van der Waals surface area (Å²) >= 11 is 1.61. The Balaban J connectivity index is 1.52. The lowest BCUT2D eigenvalue weighted by molar-refractivity contribution is -0.121. The molecule has 3 rings (SSSR count). The first-order chi connectivity index (χ1) is 13.6. The summed E-state index contributed by atoms with van der Waals surface area (Å²) in [6, 6.07) is 20.8. The maximum absolute atomic E-state index is 12.5. The van der Waals surface area contributed by atoms with E-state index >= 15 is 0 Å². The summed E-state index contributed by atoms with van der Waals surface area (Å²) in [5.74, 6) is -0.112. The summed E-state index contributed by atoms with van der Waals surface area (Å²) in [6.45, 7) is 2.30. The standard InChI is InChI=1S/C22H23N3O2S/c1-16-9-11-17(12-10-16)21(19-8-5-15-28-19)25-20(26)13-14-23-22(27)24-18-6-3-2-4-7-18/h2-12,15,21H,13-14H2,1H3,(H,25,26)(H2,23,24,27). The molecule has 0 saturated carbocycles. The predicted octanol–water partition coefficient (Wildman–Crippen LogP) is 4.47. The number of hydrogen-bond donors (Lipinski definition) is 3. The molecule has 2 aromatic carbocycles. The highest BCUT2D eigenvalue weighted by Gasteiger charge is 2.17. The average molecular weight is 394 g/mol. The predicted molar refractivity (Wildman–Crippen MR) is 114 cm³/mol. The number of thiophene rings is 1. The number of carbonyl (C=O) groups is 2.